The van der Waals surface area contributed by atoms with E-state index in [1.807, 2.05) is 17.4 Å². The summed E-state index contributed by atoms with van der Waals surface area (Å²) in [6, 6.07) is 34.6. The van der Waals surface area contributed by atoms with Crippen molar-refractivity contribution >= 4 is 67.8 Å². The quantitative estimate of drug-likeness (QED) is 0.250. The molecule has 4 aromatic carbocycles. The van der Waals surface area contributed by atoms with E-state index in [-0.39, 0.29) is 6.98 Å². The van der Waals surface area contributed by atoms with E-state index >= 15 is 0 Å². The maximum absolute atomic E-state index is 6.48. The van der Waals surface area contributed by atoms with Crippen molar-refractivity contribution in [3.8, 4) is 11.1 Å². The fourth-order valence-electron chi connectivity index (χ4n) is 5.59. The second kappa shape index (κ2) is 6.30. The Hall–Kier alpha value is -3.96. The first-order valence-electron chi connectivity index (χ1n) is 11.1. The van der Waals surface area contributed by atoms with Crippen LogP contribution in [0.1, 0.15) is 0 Å². The molecule has 2 aromatic heterocycles. The summed E-state index contributed by atoms with van der Waals surface area (Å²) < 4.78 is 6.48. The van der Waals surface area contributed by atoms with E-state index in [1.165, 1.54) is 33.0 Å². The molecule has 0 amide bonds. The summed E-state index contributed by atoms with van der Waals surface area (Å²) in [5, 5.41) is 5.81. The molecule has 0 unspecified atom stereocenters. The molecule has 33 heavy (non-hydrogen) atoms. The minimum absolute atomic E-state index is 0.0311. The molecule has 2 aliphatic rings. The number of furan rings is 1. The molecule has 8 rings (SSSR count). The van der Waals surface area contributed by atoms with E-state index in [1.54, 1.807) is 0 Å². The standard InChI is InChI=1S/C28H17BN2OS/c1-3-11-22-18(8-1)21-16-17-33-28(21)31-24-13-5-4-12-23(24)30(29(22)31)25-14-7-10-20-19-9-2-6-15-26(19)32-27(20)25/h1-17H. The van der Waals surface area contributed by atoms with Gasteiger partial charge in [-0.3, -0.25) is 0 Å². The highest BCUT2D eigenvalue weighted by Crippen LogP contribution is 2.53. The monoisotopic (exact) mass is 440 g/mol. The zero-order chi connectivity index (χ0) is 21.5. The van der Waals surface area contributed by atoms with E-state index < -0.39 is 0 Å². The van der Waals surface area contributed by atoms with Gasteiger partial charge in [0.15, 0.2) is 5.58 Å². The SMILES string of the molecule is c1ccc2c(c1)B1N(c3ccccc3N1c1cccc3c1oc1ccccc13)c1sccc1-2. The first-order chi connectivity index (χ1) is 16.4. The number of thiophene rings is 1. The minimum Gasteiger partial charge on any atom is -0.454 e. The summed E-state index contributed by atoms with van der Waals surface area (Å²) in [6.45, 7) is 0.0311. The molecule has 3 nitrogen and oxygen atoms in total. The summed E-state index contributed by atoms with van der Waals surface area (Å²) in [7, 11) is 0. The van der Waals surface area contributed by atoms with Crippen molar-refractivity contribution in [2.24, 2.45) is 0 Å². The number of benzene rings is 4. The van der Waals surface area contributed by atoms with Crippen molar-refractivity contribution in [3.05, 3.63) is 102 Å². The third kappa shape index (κ3) is 2.20. The Balaban J connectivity index is 1.47. The molecule has 0 N–H and O–H groups in total. The van der Waals surface area contributed by atoms with E-state index in [4.69, 9.17) is 4.42 Å². The highest BCUT2D eigenvalue weighted by Gasteiger charge is 2.48. The zero-order valence-corrected chi connectivity index (χ0v) is 18.4. The Morgan fingerprint density at radius 2 is 1.33 bits per heavy atom. The van der Waals surface area contributed by atoms with Gasteiger partial charge in [0, 0.05) is 16.3 Å². The average molecular weight is 440 g/mol. The molecule has 0 saturated heterocycles. The smallest absolute Gasteiger partial charge is 0.422 e. The Kier molecular flexibility index (Phi) is 3.36. The molecule has 5 heteroatoms. The van der Waals surface area contributed by atoms with Gasteiger partial charge in [-0.2, -0.15) is 0 Å². The Bertz CT molecular complexity index is 1720. The number of nitrogens with zero attached hydrogens (tertiary/aromatic N) is 2. The van der Waals surface area contributed by atoms with Crippen molar-refractivity contribution < 1.29 is 4.42 Å². The number of fused-ring (bicyclic) bond motifs is 11. The molecule has 4 heterocycles. The van der Waals surface area contributed by atoms with Crippen LogP contribution in [0.15, 0.2) is 107 Å². The first-order valence-corrected chi connectivity index (χ1v) is 12.0. The van der Waals surface area contributed by atoms with Crippen LogP contribution in [0, 0.1) is 0 Å². The number of hydrogen-bond donors (Lipinski definition) is 0. The van der Waals surface area contributed by atoms with Crippen LogP contribution >= 0.6 is 11.3 Å². The lowest BCUT2D eigenvalue weighted by atomic mass is 9.60. The number of para-hydroxylation sites is 4. The largest absolute Gasteiger partial charge is 0.454 e. The molecule has 154 valence electrons. The van der Waals surface area contributed by atoms with Crippen molar-refractivity contribution in [2.45, 2.75) is 0 Å². The van der Waals surface area contributed by atoms with Crippen molar-refractivity contribution in [3.63, 3.8) is 0 Å². The van der Waals surface area contributed by atoms with Gasteiger partial charge in [-0.25, -0.2) is 0 Å². The highest BCUT2D eigenvalue weighted by molar-refractivity contribution is 7.16. The minimum atomic E-state index is 0.0311. The van der Waals surface area contributed by atoms with Gasteiger partial charge in [-0.1, -0.05) is 66.7 Å². The van der Waals surface area contributed by atoms with Crippen LogP contribution in [-0.4, -0.2) is 6.98 Å². The molecular weight excluding hydrogens is 423 g/mol. The predicted octanol–water partition coefficient (Wildman–Crippen LogP) is 7.31. The lowest BCUT2D eigenvalue weighted by Crippen LogP contribution is -2.55. The normalized spacial score (nSPS) is 13.9. The van der Waals surface area contributed by atoms with Crippen LogP contribution in [0.5, 0.6) is 0 Å². The predicted molar refractivity (Wildman–Crippen MR) is 140 cm³/mol. The summed E-state index contributed by atoms with van der Waals surface area (Å²) in [6.07, 6.45) is 0. The van der Waals surface area contributed by atoms with Gasteiger partial charge in [0.2, 0.25) is 0 Å². The second-order valence-corrected chi connectivity index (χ2v) is 9.48. The Labute approximate surface area is 195 Å². The van der Waals surface area contributed by atoms with Gasteiger partial charge in [0.05, 0.1) is 22.1 Å². The molecule has 2 aliphatic heterocycles. The van der Waals surface area contributed by atoms with Gasteiger partial charge < -0.3 is 14.0 Å². The highest BCUT2D eigenvalue weighted by atomic mass is 32.1. The number of rotatable bonds is 1. The number of hydrogen-bond acceptors (Lipinski definition) is 4. The molecule has 0 bridgehead atoms. The van der Waals surface area contributed by atoms with Crippen molar-refractivity contribution in [1.82, 2.24) is 0 Å². The van der Waals surface area contributed by atoms with Gasteiger partial charge in [-0.05, 0) is 46.7 Å². The van der Waals surface area contributed by atoms with Crippen LogP contribution in [0.3, 0.4) is 0 Å². The van der Waals surface area contributed by atoms with Crippen molar-refractivity contribution in [2.75, 3.05) is 9.62 Å². The molecule has 0 saturated carbocycles. The van der Waals surface area contributed by atoms with Crippen LogP contribution in [0.25, 0.3) is 33.1 Å². The van der Waals surface area contributed by atoms with Crippen LogP contribution in [0.4, 0.5) is 22.1 Å². The summed E-state index contributed by atoms with van der Waals surface area (Å²) in [5.74, 6) is 0. The van der Waals surface area contributed by atoms with Gasteiger partial charge in [0.25, 0.3) is 0 Å². The lowest BCUT2D eigenvalue weighted by molar-refractivity contribution is 0.669. The maximum atomic E-state index is 6.48. The fraction of sp³-hybridized carbons (Fsp3) is 0. The zero-order valence-electron chi connectivity index (χ0n) is 17.6. The van der Waals surface area contributed by atoms with Crippen LogP contribution < -0.4 is 15.1 Å². The van der Waals surface area contributed by atoms with E-state index in [0.29, 0.717) is 0 Å². The van der Waals surface area contributed by atoms with E-state index in [0.717, 1.165) is 27.6 Å². The molecule has 0 spiro atoms. The van der Waals surface area contributed by atoms with E-state index in [2.05, 4.69) is 106 Å². The Morgan fingerprint density at radius 1 is 0.606 bits per heavy atom. The molecule has 6 aromatic rings. The lowest BCUT2D eigenvalue weighted by Gasteiger charge is -2.34. The van der Waals surface area contributed by atoms with Gasteiger partial charge >= 0.3 is 6.98 Å². The average Bonchev–Trinajstić information content (AvgIpc) is 3.58. The van der Waals surface area contributed by atoms with E-state index in [9.17, 15) is 0 Å². The summed E-state index contributed by atoms with van der Waals surface area (Å²) in [4.78, 5) is 4.96. The van der Waals surface area contributed by atoms with Crippen LogP contribution in [0.2, 0.25) is 0 Å². The number of anilines is 4. The summed E-state index contributed by atoms with van der Waals surface area (Å²) >= 11 is 1.81. The Morgan fingerprint density at radius 3 is 2.27 bits per heavy atom. The molecule has 0 radical (unpaired) electrons. The maximum Gasteiger partial charge on any atom is 0.422 e. The first kappa shape index (κ1) is 17.6. The third-order valence-electron chi connectivity index (χ3n) is 6.93. The van der Waals surface area contributed by atoms with Crippen molar-refractivity contribution in [1.29, 1.82) is 0 Å². The molecule has 0 fully saturated rings. The fourth-order valence-corrected chi connectivity index (χ4v) is 6.54. The molecule has 0 atom stereocenters. The summed E-state index contributed by atoms with van der Waals surface area (Å²) in [5.41, 5.74) is 9.32. The molecule has 0 aliphatic carbocycles. The topological polar surface area (TPSA) is 19.6 Å². The second-order valence-electron chi connectivity index (χ2n) is 8.58. The third-order valence-corrected chi connectivity index (χ3v) is 7.84. The van der Waals surface area contributed by atoms with Crippen LogP contribution in [-0.2, 0) is 0 Å². The van der Waals surface area contributed by atoms with Gasteiger partial charge in [0.1, 0.15) is 5.58 Å². The van der Waals surface area contributed by atoms with Gasteiger partial charge in [-0.15, -0.1) is 11.3 Å². The molecular formula is C28H17BN2OS.